The lowest BCUT2D eigenvalue weighted by molar-refractivity contribution is 0.101. The Labute approximate surface area is 173 Å². The van der Waals surface area contributed by atoms with Crippen molar-refractivity contribution in [1.29, 1.82) is 5.26 Å². The van der Waals surface area contributed by atoms with E-state index >= 15 is 0 Å². The maximum Gasteiger partial charge on any atom is 0.257 e. The highest BCUT2D eigenvalue weighted by molar-refractivity contribution is 6.17. The van der Waals surface area contributed by atoms with E-state index in [2.05, 4.69) is 10.6 Å². The molecule has 0 aliphatic carbocycles. The molecule has 3 rings (SSSR count). The van der Waals surface area contributed by atoms with Gasteiger partial charge in [-0.15, -0.1) is 11.6 Å². The van der Waals surface area contributed by atoms with Gasteiger partial charge in [-0.25, -0.2) is 0 Å². The molecule has 0 radical (unpaired) electrons. The smallest absolute Gasteiger partial charge is 0.257 e. The molecule has 3 aromatic carbocycles. The number of nitrogens with zero attached hydrogens (tertiary/aromatic N) is 1. The van der Waals surface area contributed by atoms with Gasteiger partial charge in [0.1, 0.15) is 0 Å². The summed E-state index contributed by atoms with van der Waals surface area (Å²) < 4.78 is 0. The van der Waals surface area contributed by atoms with E-state index in [-0.39, 0.29) is 11.8 Å². The number of nitriles is 1. The lowest BCUT2D eigenvalue weighted by Crippen LogP contribution is -2.15. The van der Waals surface area contributed by atoms with Gasteiger partial charge >= 0.3 is 0 Å². The molecule has 0 bridgehead atoms. The summed E-state index contributed by atoms with van der Waals surface area (Å²) in [6.45, 7) is 1.86. The van der Waals surface area contributed by atoms with Crippen LogP contribution in [0, 0.1) is 18.3 Å². The van der Waals surface area contributed by atoms with E-state index in [1.165, 1.54) is 0 Å². The number of alkyl halides is 1. The van der Waals surface area contributed by atoms with E-state index in [0.29, 0.717) is 33.9 Å². The van der Waals surface area contributed by atoms with Crippen LogP contribution < -0.4 is 10.6 Å². The molecular formula is C23H18ClN3O2. The first-order valence-corrected chi connectivity index (χ1v) is 9.42. The number of hydrogen-bond acceptors (Lipinski definition) is 3. The van der Waals surface area contributed by atoms with E-state index in [4.69, 9.17) is 16.9 Å². The summed E-state index contributed by atoms with van der Waals surface area (Å²) in [7, 11) is 0. The summed E-state index contributed by atoms with van der Waals surface area (Å²) in [5.41, 5.74) is 3.99. The molecule has 0 aliphatic rings. The Morgan fingerprint density at radius 3 is 2.38 bits per heavy atom. The van der Waals surface area contributed by atoms with Crippen molar-refractivity contribution < 1.29 is 9.59 Å². The average molecular weight is 404 g/mol. The first-order chi connectivity index (χ1) is 14.0. The Hall–Kier alpha value is -3.62. The van der Waals surface area contributed by atoms with Gasteiger partial charge in [-0.3, -0.25) is 9.59 Å². The second-order valence-electron chi connectivity index (χ2n) is 6.43. The number of rotatable bonds is 5. The van der Waals surface area contributed by atoms with Gasteiger partial charge in [0.15, 0.2) is 0 Å². The number of anilines is 2. The van der Waals surface area contributed by atoms with Crippen LogP contribution in [0.5, 0.6) is 0 Å². The van der Waals surface area contributed by atoms with Crippen molar-refractivity contribution in [2.45, 2.75) is 12.8 Å². The molecule has 0 saturated heterocycles. The summed E-state index contributed by atoms with van der Waals surface area (Å²) in [5.74, 6) is -0.259. The van der Waals surface area contributed by atoms with Crippen molar-refractivity contribution in [3.63, 3.8) is 0 Å². The minimum Gasteiger partial charge on any atom is -0.322 e. The van der Waals surface area contributed by atoms with Gasteiger partial charge in [0.2, 0.25) is 0 Å². The maximum absolute atomic E-state index is 12.5. The third kappa shape index (κ3) is 4.81. The fraction of sp³-hybridized carbons (Fsp3) is 0.0870. The van der Waals surface area contributed by atoms with Crippen LogP contribution in [0.15, 0.2) is 66.7 Å². The number of benzene rings is 3. The Morgan fingerprint density at radius 2 is 1.69 bits per heavy atom. The first-order valence-electron chi connectivity index (χ1n) is 8.89. The van der Waals surface area contributed by atoms with Crippen LogP contribution >= 0.6 is 11.6 Å². The van der Waals surface area contributed by atoms with E-state index in [0.717, 1.165) is 11.1 Å². The van der Waals surface area contributed by atoms with Gasteiger partial charge in [0.25, 0.3) is 11.8 Å². The molecule has 144 valence electrons. The Bertz CT molecular complexity index is 1100. The molecule has 0 saturated carbocycles. The molecule has 0 aromatic heterocycles. The molecule has 0 spiro atoms. The van der Waals surface area contributed by atoms with Crippen LogP contribution in [0.1, 0.15) is 37.4 Å². The van der Waals surface area contributed by atoms with Crippen LogP contribution in [0.3, 0.4) is 0 Å². The number of carbonyl (C=O) groups excluding carboxylic acids is 2. The van der Waals surface area contributed by atoms with E-state index < -0.39 is 0 Å². The second kappa shape index (κ2) is 9.05. The van der Waals surface area contributed by atoms with Gasteiger partial charge in [-0.1, -0.05) is 30.3 Å². The summed E-state index contributed by atoms with van der Waals surface area (Å²) in [5, 5.41) is 14.8. The van der Waals surface area contributed by atoms with Gasteiger partial charge in [0.05, 0.1) is 17.2 Å². The molecule has 0 unspecified atom stereocenters. The summed E-state index contributed by atoms with van der Waals surface area (Å²) in [6, 6.07) is 20.9. The molecular weight excluding hydrogens is 386 g/mol. The third-order valence-corrected chi connectivity index (χ3v) is 4.71. The van der Waals surface area contributed by atoms with Crippen LogP contribution in [0.4, 0.5) is 11.4 Å². The minimum absolute atomic E-state index is 0.257. The zero-order valence-electron chi connectivity index (χ0n) is 15.7. The van der Waals surface area contributed by atoms with Crippen molar-refractivity contribution in [1.82, 2.24) is 0 Å². The molecule has 5 nitrogen and oxygen atoms in total. The lowest BCUT2D eigenvalue weighted by atomic mass is 10.1. The summed E-state index contributed by atoms with van der Waals surface area (Å²) in [6.07, 6.45) is 0. The molecule has 0 atom stereocenters. The SMILES string of the molecule is Cc1ccc(NC(=O)c2ccccc2C#N)cc1NC(=O)c1ccc(CCl)cc1. The van der Waals surface area contributed by atoms with Crippen LogP contribution in [-0.2, 0) is 5.88 Å². The molecule has 6 heteroatoms. The predicted octanol–water partition coefficient (Wildman–Crippen LogP) is 5.11. The molecule has 2 amide bonds. The number of aryl methyl sites for hydroxylation is 1. The average Bonchev–Trinajstić information content (AvgIpc) is 2.76. The number of amides is 2. The fourth-order valence-corrected chi connectivity index (χ4v) is 2.93. The van der Waals surface area contributed by atoms with Crippen LogP contribution in [0.2, 0.25) is 0 Å². The quantitative estimate of drug-likeness (QED) is 0.580. The highest BCUT2D eigenvalue weighted by atomic mass is 35.5. The largest absolute Gasteiger partial charge is 0.322 e. The molecule has 3 aromatic rings. The molecule has 0 heterocycles. The monoisotopic (exact) mass is 403 g/mol. The van der Waals surface area contributed by atoms with Gasteiger partial charge in [-0.05, 0) is 54.4 Å². The number of hydrogen-bond donors (Lipinski definition) is 2. The Balaban J connectivity index is 1.78. The lowest BCUT2D eigenvalue weighted by Gasteiger charge is -2.12. The number of nitrogens with one attached hydrogen (secondary N) is 2. The summed E-state index contributed by atoms with van der Waals surface area (Å²) >= 11 is 5.78. The third-order valence-electron chi connectivity index (χ3n) is 4.41. The first kappa shape index (κ1) is 20.1. The molecule has 2 N–H and O–H groups in total. The predicted molar refractivity (Wildman–Crippen MR) is 114 cm³/mol. The van der Waals surface area contributed by atoms with Gasteiger partial charge < -0.3 is 10.6 Å². The van der Waals surface area contributed by atoms with Crippen molar-refractivity contribution >= 4 is 34.8 Å². The highest BCUT2D eigenvalue weighted by Gasteiger charge is 2.13. The van der Waals surface area contributed by atoms with E-state index in [1.807, 2.05) is 13.0 Å². The van der Waals surface area contributed by atoms with E-state index in [9.17, 15) is 9.59 Å². The number of carbonyl (C=O) groups is 2. The molecule has 0 fully saturated rings. The van der Waals surface area contributed by atoms with Crippen molar-refractivity contribution in [3.05, 3.63) is 94.5 Å². The fourth-order valence-electron chi connectivity index (χ4n) is 2.75. The van der Waals surface area contributed by atoms with Crippen molar-refractivity contribution in [3.8, 4) is 6.07 Å². The Kier molecular flexibility index (Phi) is 6.28. The van der Waals surface area contributed by atoms with Gasteiger partial charge in [0, 0.05) is 22.8 Å². The number of halogens is 1. The van der Waals surface area contributed by atoms with E-state index in [1.54, 1.807) is 66.7 Å². The maximum atomic E-state index is 12.5. The Morgan fingerprint density at radius 1 is 0.966 bits per heavy atom. The standard InChI is InChI=1S/C23H18ClN3O2/c1-15-6-11-19(26-23(29)20-5-3-2-4-18(20)14-25)12-21(15)27-22(28)17-9-7-16(13-24)8-10-17/h2-12H,13H2,1H3,(H,26,29)(H,27,28). The topological polar surface area (TPSA) is 82.0 Å². The van der Waals surface area contributed by atoms with Crippen LogP contribution in [-0.4, -0.2) is 11.8 Å². The molecule has 29 heavy (non-hydrogen) atoms. The van der Waals surface area contributed by atoms with Gasteiger partial charge in [-0.2, -0.15) is 5.26 Å². The zero-order valence-corrected chi connectivity index (χ0v) is 16.5. The normalized spacial score (nSPS) is 10.1. The second-order valence-corrected chi connectivity index (χ2v) is 6.69. The van der Waals surface area contributed by atoms with Crippen molar-refractivity contribution in [2.75, 3.05) is 10.6 Å². The zero-order chi connectivity index (χ0) is 20.8. The van der Waals surface area contributed by atoms with Crippen molar-refractivity contribution in [2.24, 2.45) is 0 Å². The molecule has 0 aliphatic heterocycles. The van der Waals surface area contributed by atoms with Crippen LogP contribution in [0.25, 0.3) is 0 Å². The minimum atomic E-state index is -0.389. The highest BCUT2D eigenvalue weighted by Crippen LogP contribution is 2.22. The summed E-state index contributed by atoms with van der Waals surface area (Å²) in [4.78, 5) is 25.1.